The van der Waals surface area contributed by atoms with E-state index in [9.17, 15) is 9.59 Å². The Labute approximate surface area is 152 Å². The van der Waals surface area contributed by atoms with E-state index >= 15 is 0 Å². The zero-order valence-electron chi connectivity index (χ0n) is 14.7. The number of primary amides is 1. The minimum Gasteiger partial charge on any atom is -0.392 e. The number of aliphatic hydroxyl groups is 1. The average Bonchev–Trinajstić information content (AvgIpc) is 3.10. The van der Waals surface area contributed by atoms with Crippen LogP contribution in [-0.2, 0) is 29.2 Å². The van der Waals surface area contributed by atoms with Crippen LogP contribution in [0.15, 0.2) is 36.7 Å². The number of aromatic nitrogens is 2. The van der Waals surface area contributed by atoms with Crippen molar-refractivity contribution in [1.29, 1.82) is 0 Å². The van der Waals surface area contributed by atoms with Crippen LogP contribution >= 0.6 is 0 Å². The van der Waals surface area contributed by atoms with E-state index < -0.39 is 5.91 Å². The number of likely N-dealkylation sites (tertiary alicyclic amines) is 1. The summed E-state index contributed by atoms with van der Waals surface area (Å²) in [5.74, 6) is 0.603. The standard InChI is InChI=1S/C19H24N4O3/c20-17(25)12-23-9-7-21-19(23)16-2-1-8-22(11-16)18(26)10-14-3-5-15(13-24)6-4-14/h3-7,9,16,24H,1-2,8,10-13H2,(H2,20,25)/t16-/m0/s1. The van der Waals surface area contributed by atoms with E-state index in [-0.39, 0.29) is 25.0 Å². The Balaban J connectivity index is 1.65. The molecule has 1 atom stereocenters. The second kappa shape index (κ2) is 8.14. The number of hydrogen-bond donors (Lipinski definition) is 2. The summed E-state index contributed by atoms with van der Waals surface area (Å²) < 4.78 is 1.77. The second-order valence-corrected chi connectivity index (χ2v) is 6.71. The number of piperidine rings is 1. The Kier molecular flexibility index (Phi) is 5.68. The summed E-state index contributed by atoms with van der Waals surface area (Å²) >= 11 is 0. The minimum atomic E-state index is -0.403. The van der Waals surface area contributed by atoms with Crippen molar-refractivity contribution in [3.8, 4) is 0 Å². The maximum atomic E-state index is 12.7. The van der Waals surface area contributed by atoms with Gasteiger partial charge >= 0.3 is 0 Å². The Morgan fingerprint density at radius 3 is 2.65 bits per heavy atom. The predicted octanol–water partition coefficient (Wildman–Crippen LogP) is 0.809. The van der Waals surface area contributed by atoms with Crippen LogP contribution in [0.1, 0.15) is 35.7 Å². The topological polar surface area (TPSA) is 101 Å². The molecule has 2 aromatic rings. The third kappa shape index (κ3) is 4.29. The number of amides is 2. The van der Waals surface area contributed by atoms with Crippen molar-refractivity contribution in [1.82, 2.24) is 14.5 Å². The van der Waals surface area contributed by atoms with Gasteiger partial charge in [-0.1, -0.05) is 24.3 Å². The molecule has 7 nitrogen and oxygen atoms in total. The van der Waals surface area contributed by atoms with Gasteiger partial charge in [-0.25, -0.2) is 4.98 Å². The molecular weight excluding hydrogens is 332 g/mol. The quantitative estimate of drug-likeness (QED) is 0.800. The molecule has 0 bridgehead atoms. The van der Waals surface area contributed by atoms with Crippen molar-refractivity contribution in [2.24, 2.45) is 5.73 Å². The second-order valence-electron chi connectivity index (χ2n) is 6.71. The Morgan fingerprint density at radius 2 is 1.96 bits per heavy atom. The number of benzene rings is 1. The number of hydrogen-bond acceptors (Lipinski definition) is 4. The third-order valence-corrected chi connectivity index (χ3v) is 4.77. The van der Waals surface area contributed by atoms with Gasteiger partial charge in [-0.15, -0.1) is 0 Å². The molecule has 1 aliphatic rings. The van der Waals surface area contributed by atoms with Crippen molar-refractivity contribution < 1.29 is 14.7 Å². The molecule has 1 aliphatic heterocycles. The highest BCUT2D eigenvalue weighted by Crippen LogP contribution is 2.26. The van der Waals surface area contributed by atoms with Gasteiger partial charge in [-0.3, -0.25) is 9.59 Å². The number of carbonyl (C=O) groups is 2. The van der Waals surface area contributed by atoms with E-state index in [0.29, 0.717) is 13.0 Å². The summed E-state index contributed by atoms with van der Waals surface area (Å²) in [6, 6.07) is 7.43. The molecule has 2 heterocycles. The van der Waals surface area contributed by atoms with Crippen LogP contribution in [0, 0.1) is 0 Å². The fraction of sp³-hybridized carbons (Fsp3) is 0.421. The highest BCUT2D eigenvalue weighted by atomic mass is 16.3. The van der Waals surface area contributed by atoms with Gasteiger partial charge in [0.1, 0.15) is 12.4 Å². The summed E-state index contributed by atoms with van der Waals surface area (Å²) in [5, 5.41) is 9.10. The number of nitrogens with zero attached hydrogens (tertiary/aromatic N) is 3. The normalized spacial score (nSPS) is 17.3. The number of nitrogens with two attached hydrogens (primary N) is 1. The lowest BCUT2D eigenvalue weighted by Gasteiger charge is -2.32. The third-order valence-electron chi connectivity index (χ3n) is 4.77. The summed E-state index contributed by atoms with van der Waals surface area (Å²) in [5.41, 5.74) is 7.07. The van der Waals surface area contributed by atoms with E-state index in [1.54, 1.807) is 17.0 Å². The van der Waals surface area contributed by atoms with Gasteiger partial charge in [0.2, 0.25) is 11.8 Å². The first-order chi connectivity index (χ1) is 12.6. The summed E-state index contributed by atoms with van der Waals surface area (Å²) in [4.78, 5) is 30.1. The van der Waals surface area contributed by atoms with Crippen molar-refractivity contribution >= 4 is 11.8 Å². The van der Waals surface area contributed by atoms with Crippen LogP contribution in [0.25, 0.3) is 0 Å². The molecule has 0 unspecified atom stereocenters. The summed E-state index contributed by atoms with van der Waals surface area (Å²) in [6.45, 7) is 1.45. The number of imidazole rings is 1. The van der Waals surface area contributed by atoms with E-state index in [4.69, 9.17) is 10.8 Å². The van der Waals surface area contributed by atoms with Crippen molar-refractivity contribution in [2.45, 2.75) is 38.3 Å². The molecule has 3 rings (SSSR count). The van der Waals surface area contributed by atoms with Gasteiger partial charge < -0.3 is 20.3 Å². The van der Waals surface area contributed by atoms with Gasteiger partial charge in [0.05, 0.1) is 13.0 Å². The fourth-order valence-electron chi connectivity index (χ4n) is 3.45. The highest BCUT2D eigenvalue weighted by molar-refractivity contribution is 5.79. The molecule has 1 fully saturated rings. The van der Waals surface area contributed by atoms with Crippen LogP contribution in [-0.4, -0.2) is 44.5 Å². The van der Waals surface area contributed by atoms with Gasteiger partial charge in [-0.05, 0) is 24.0 Å². The van der Waals surface area contributed by atoms with Crippen LogP contribution in [0.5, 0.6) is 0 Å². The van der Waals surface area contributed by atoms with Gasteiger partial charge in [-0.2, -0.15) is 0 Å². The molecule has 0 saturated carbocycles. The predicted molar refractivity (Wildman–Crippen MR) is 96.0 cm³/mol. The monoisotopic (exact) mass is 356 g/mol. The van der Waals surface area contributed by atoms with Gasteiger partial charge in [0.15, 0.2) is 0 Å². The molecule has 0 spiro atoms. The fourth-order valence-corrected chi connectivity index (χ4v) is 3.45. The Hall–Kier alpha value is -2.67. The van der Waals surface area contributed by atoms with Crippen molar-refractivity contribution in [3.63, 3.8) is 0 Å². The SMILES string of the molecule is NC(=O)Cn1ccnc1[C@H]1CCCN(C(=O)Cc2ccc(CO)cc2)C1. The first kappa shape index (κ1) is 18.1. The summed E-state index contributed by atoms with van der Waals surface area (Å²) in [6.07, 6.45) is 5.60. The first-order valence-corrected chi connectivity index (χ1v) is 8.82. The zero-order valence-corrected chi connectivity index (χ0v) is 14.7. The van der Waals surface area contributed by atoms with E-state index in [1.165, 1.54) is 0 Å². The van der Waals surface area contributed by atoms with Crippen molar-refractivity contribution in [2.75, 3.05) is 13.1 Å². The molecule has 0 radical (unpaired) electrons. The lowest BCUT2D eigenvalue weighted by molar-refractivity contribution is -0.131. The molecule has 1 saturated heterocycles. The van der Waals surface area contributed by atoms with Gasteiger partial charge in [0, 0.05) is 31.4 Å². The molecule has 2 amide bonds. The minimum absolute atomic E-state index is 0.0000185. The van der Waals surface area contributed by atoms with E-state index in [0.717, 1.165) is 36.3 Å². The maximum absolute atomic E-state index is 12.7. The number of aliphatic hydroxyl groups excluding tert-OH is 1. The summed E-state index contributed by atoms with van der Waals surface area (Å²) in [7, 11) is 0. The lowest BCUT2D eigenvalue weighted by atomic mass is 9.96. The molecule has 3 N–H and O–H groups in total. The van der Waals surface area contributed by atoms with Crippen LogP contribution in [0.4, 0.5) is 0 Å². The number of rotatable bonds is 6. The average molecular weight is 356 g/mol. The molecule has 0 aliphatic carbocycles. The first-order valence-electron chi connectivity index (χ1n) is 8.82. The van der Waals surface area contributed by atoms with Crippen LogP contribution < -0.4 is 5.73 Å². The molecule has 7 heteroatoms. The van der Waals surface area contributed by atoms with Crippen LogP contribution in [0.2, 0.25) is 0 Å². The highest BCUT2D eigenvalue weighted by Gasteiger charge is 2.27. The zero-order chi connectivity index (χ0) is 18.5. The number of carbonyl (C=O) groups excluding carboxylic acids is 2. The largest absolute Gasteiger partial charge is 0.392 e. The van der Waals surface area contributed by atoms with E-state index in [2.05, 4.69) is 4.98 Å². The molecule has 1 aromatic carbocycles. The van der Waals surface area contributed by atoms with Crippen LogP contribution in [0.3, 0.4) is 0 Å². The van der Waals surface area contributed by atoms with E-state index in [1.807, 2.05) is 29.2 Å². The molecular formula is C19H24N4O3. The smallest absolute Gasteiger partial charge is 0.237 e. The van der Waals surface area contributed by atoms with Gasteiger partial charge in [0.25, 0.3) is 0 Å². The Bertz CT molecular complexity index is 769. The Morgan fingerprint density at radius 1 is 1.23 bits per heavy atom. The molecule has 1 aromatic heterocycles. The maximum Gasteiger partial charge on any atom is 0.237 e. The molecule has 138 valence electrons. The van der Waals surface area contributed by atoms with Crippen molar-refractivity contribution in [3.05, 3.63) is 53.6 Å². The molecule has 26 heavy (non-hydrogen) atoms. The lowest BCUT2D eigenvalue weighted by Crippen LogP contribution is -2.40.